The number of oxime groups is 1. The number of esters is 1. The Hall–Kier alpha value is -2.77. The highest BCUT2D eigenvalue weighted by Gasteiger charge is 2.57. The van der Waals surface area contributed by atoms with E-state index in [0.717, 1.165) is 24.1 Å². The third-order valence-electron chi connectivity index (χ3n) is 3.29. The summed E-state index contributed by atoms with van der Waals surface area (Å²) < 4.78 is 17.4. The molecule has 21 heavy (non-hydrogen) atoms. The van der Waals surface area contributed by atoms with Crippen molar-refractivity contribution in [2.24, 2.45) is 11.1 Å². The predicted molar refractivity (Wildman–Crippen MR) is 66.7 cm³/mol. The van der Waals surface area contributed by atoms with Crippen LogP contribution < -0.4 is 4.90 Å². The monoisotopic (exact) mass is 292 g/mol. The van der Waals surface area contributed by atoms with Gasteiger partial charge < -0.3 is 9.57 Å². The summed E-state index contributed by atoms with van der Waals surface area (Å²) in [4.78, 5) is 41.8. The molecule has 0 aromatic heterocycles. The van der Waals surface area contributed by atoms with E-state index in [9.17, 15) is 18.8 Å². The summed E-state index contributed by atoms with van der Waals surface area (Å²) in [5.74, 6) is -3.76. The molecule has 2 heterocycles. The number of nitrogens with zero attached hydrogens (tertiary/aromatic N) is 2. The van der Waals surface area contributed by atoms with Crippen molar-refractivity contribution < 1.29 is 28.3 Å². The fourth-order valence-corrected chi connectivity index (χ4v) is 2.30. The smallest absolute Gasteiger partial charge is 0.356 e. The molecule has 2 amide bonds. The number of halogens is 1. The average molecular weight is 292 g/mol. The molecule has 2 aliphatic heterocycles. The SMILES string of the molecule is COC(=O)C1=NOC2C(=O)N(c3ccc(F)cc3)C(=O)C12. The molecule has 8 heteroatoms. The second kappa shape index (κ2) is 4.65. The van der Waals surface area contributed by atoms with E-state index in [1.807, 2.05) is 0 Å². The van der Waals surface area contributed by atoms with Crippen LogP contribution in [0.1, 0.15) is 0 Å². The highest BCUT2D eigenvalue weighted by Crippen LogP contribution is 2.33. The zero-order valence-corrected chi connectivity index (χ0v) is 10.8. The Morgan fingerprint density at radius 1 is 1.29 bits per heavy atom. The van der Waals surface area contributed by atoms with Crippen LogP contribution in [0, 0.1) is 11.7 Å². The number of amides is 2. The number of ether oxygens (including phenoxy) is 1. The summed E-state index contributed by atoms with van der Waals surface area (Å²) >= 11 is 0. The van der Waals surface area contributed by atoms with E-state index in [-0.39, 0.29) is 11.4 Å². The van der Waals surface area contributed by atoms with Crippen LogP contribution >= 0.6 is 0 Å². The lowest BCUT2D eigenvalue weighted by Crippen LogP contribution is -2.34. The molecule has 2 aliphatic rings. The lowest BCUT2D eigenvalue weighted by molar-refractivity contribution is -0.133. The third-order valence-corrected chi connectivity index (χ3v) is 3.29. The van der Waals surface area contributed by atoms with Gasteiger partial charge in [0.25, 0.3) is 5.91 Å². The summed E-state index contributed by atoms with van der Waals surface area (Å²) in [6.07, 6.45) is -1.18. The Bertz CT molecular complexity index is 670. The summed E-state index contributed by atoms with van der Waals surface area (Å²) in [6, 6.07) is 4.84. The van der Waals surface area contributed by atoms with E-state index in [2.05, 4.69) is 9.89 Å². The van der Waals surface area contributed by atoms with Gasteiger partial charge in [-0.15, -0.1) is 0 Å². The van der Waals surface area contributed by atoms with Gasteiger partial charge in [-0.25, -0.2) is 14.1 Å². The van der Waals surface area contributed by atoms with Gasteiger partial charge >= 0.3 is 5.97 Å². The second-order valence-electron chi connectivity index (χ2n) is 4.46. The predicted octanol–water partition coefficient (Wildman–Crippen LogP) is 0.243. The number of anilines is 1. The lowest BCUT2D eigenvalue weighted by atomic mass is 10.00. The summed E-state index contributed by atoms with van der Waals surface area (Å²) in [6.45, 7) is 0. The van der Waals surface area contributed by atoms with Crippen LogP contribution in [0.25, 0.3) is 0 Å². The van der Waals surface area contributed by atoms with E-state index in [4.69, 9.17) is 4.84 Å². The fourth-order valence-electron chi connectivity index (χ4n) is 2.30. The highest BCUT2D eigenvalue weighted by atomic mass is 19.1. The molecular formula is C13H9FN2O5. The molecule has 0 spiro atoms. The molecule has 2 unspecified atom stereocenters. The minimum absolute atomic E-state index is 0.202. The Morgan fingerprint density at radius 2 is 1.95 bits per heavy atom. The van der Waals surface area contributed by atoms with Crippen molar-refractivity contribution in [3.05, 3.63) is 30.1 Å². The van der Waals surface area contributed by atoms with Crippen molar-refractivity contribution in [2.75, 3.05) is 12.0 Å². The number of carbonyl (C=O) groups excluding carboxylic acids is 3. The fraction of sp³-hybridized carbons (Fsp3) is 0.231. The number of imide groups is 1. The van der Waals surface area contributed by atoms with Crippen molar-refractivity contribution in [2.45, 2.75) is 6.10 Å². The Kier molecular flexibility index (Phi) is 2.93. The largest absolute Gasteiger partial charge is 0.464 e. The highest BCUT2D eigenvalue weighted by molar-refractivity contribution is 6.46. The maximum absolute atomic E-state index is 12.9. The standard InChI is InChI=1S/C13H9FN2O5/c1-20-13(19)9-8-10(21-15-9)12(18)16(11(8)17)7-4-2-6(14)3-5-7/h2-5,8,10H,1H3. The molecule has 0 aliphatic carbocycles. The molecule has 1 fully saturated rings. The van der Waals surface area contributed by atoms with Gasteiger partial charge in [0.2, 0.25) is 12.0 Å². The summed E-state index contributed by atoms with van der Waals surface area (Å²) in [5.41, 5.74) is -0.0425. The molecule has 108 valence electrons. The van der Waals surface area contributed by atoms with Crippen LogP contribution in [0.5, 0.6) is 0 Å². The van der Waals surface area contributed by atoms with Gasteiger partial charge in [-0.05, 0) is 24.3 Å². The molecular weight excluding hydrogens is 283 g/mol. The molecule has 3 rings (SSSR count). The van der Waals surface area contributed by atoms with Crippen molar-refractivity contribution in [1.82, 2.24) is 0 Å². The number of hydrogen-bond donors (Lipinski definition) is 0. The Morgan fingerprint density at radius 3 is 2.57 bits per heavy atom. The van der Waals surface area contributed by atoms with Gasteiger partial charge in [0.1, 0.15) is 11.7 Å². The van der Waals surface area contributed by atoms with Crippen LogP contribution in [0.4, 0.5) is 10.1 Å². The molecule has 7 nitrogen and oxygen atoms in total. The number of methoxy groups -OCH3 is 1. The van der Waals surface area contributed by atoms with E-state index in [1.165, 1.54) is 12.1 Å². The molecule has 0 bridgehead atoms. The zero-order valence-electron chi connectivity index (χ0n) is 10.8. The topological polar surface area (TPSA) is 85.3 Å². The van der Waals surface area contributed by atoms with Gasteiger partial charge in [0.05, 0.1) is 12.8 Å². The van der Waals surface area contributed by atoms with Gasteiger partial charge in [-0.3, -0.25) is 9.59 Å². The number of fused-ring (bicyclic) bond motifs is 1. The molecule has 0 N–H and O–H groups in total. The third kappa shape index (κ3) is 1.87. The first-order valence-corrected chi connectivity index (χ1v) is 6.00. The summed E-state index contributed by atoms with van der Waals surface area (Å²) in [7, 11) is 1.14. The van der Waals surface area contributed by atoms with Crippen LogP contribution in [0.3, 0.4) is 0 Å². The number of rotatable bonds is 2. The molecule has 1 aromatic carbocycles. The first kappa shape index (κ1) is 13.2. The molecule has 0 radical (unpaired) electrons. The molecule has 1 saturated heterocycles. The van der Waals surface area contributed by atoms with Gasteiger partial charge in [0, 0.05) is 0 Å². The van der Waals surface area contributed by atoms with E-state index < -0.39 is 35.6 Å². The number of benzene rings is 1. The van der Waals surface area contributed by atoms with Crippen molar-refractivity contribution in [3.63, 3.8) is 0 Å². The average Bonchev–Trinajstić information content (AvgIpc) is 3.01. The van der Waals surface area contributed by atoms with E-state index >= 15 is 0 Å². The first-order chi connectivity index (χ1) is 10.0. The maximum atomic E-state index is 12.9. The number of carbonyl (C=O) groups is 3. The normalized spacial score (nSPS) is 23.7. The van der Waals surface area contributed by atoms with Gasteiger partial charge in [-0.1, -0.05) is 5.16 Å². The van der Waals surface area contributed by atoms with Crippen LogP contribution in [-0.4, -0.2) is 36.7 Å². The van der Waals surface area contributed by atoms with E-state index in [0.29, 0.717) is 0 Å². The van der Waals surface area contributed by atoms with Crippen LogP contribution in [-0.2, 0) is 24.0 Å². The second-order valence-corrected chi connectivity index (χ2v) is 4.46. The summed E-state index contributed by atoms with van der Waals surface area (Å²) in [5, 5.41) is 3.45. The quantitative estimate of drug-likeness (QED) is 0.576. The number of hydrogen-bond acceptors (Lipinski definition) is 6. The minimum atomic E-state index is -1.18. The van der Waals surface area contributed by atoms with E-state index in [1.54, 1.807) is 0 Å². The minimum Gasteiger partial charge on any atom is -0.464 e. The van der Waals surface area contributed by atoms with Crippen molar-refractivity contribution in [3.8, 4) is 0 Å². The zero-order chi connectivity index (χ0) is 15.1. The first-order valence-electron chi connectivity index (χ1n) is 6.00. The maximum Gasteiger partial charge on any atom is 0.356 e. The molecule has 2 atom stereocenters. The Labute approximate surface area is 117 Å². The molecule has 1 aromatic rings. The van der Waals surface area contributed by atoms with Crippen molar-refractivity contribution >= 4 is 29.2 Å². The van der Waals surface area contributed by atoms with Gasteiger partial charge in [0.15, 0.2) is 5.71 Å². The van der Waals surface area contributed by atoms with Crippen LogP contribution in [0.15, 0.2) is 29.4 Å². The van der Waals surface area contributed by atoms with Crippen molar-refractivity contribution in [1.29, 1.82) is 0 Å². The van der Waals surface area contributed by atoms with Crippen LogP contribution in [0.2, 0.25) is 0 Å². The molecule has 0 saturated carbocycles. The lowest BCUT2D eigenvalue weighted by Gasteiger charge is -2.14. The van der Waals surface area contributed by atoms with Gasteiger partial charge in [-0.2, -0.15) is 0 Å². The Balaban J connectivity index is 1.95.